The lowest BCUT2D eigenvalue weighted by Gasteiger charge is -2.22. The monoisotopic (exact) mass is 644 g/mol. The third kappa shape index (κ3) is 14.4. The van der Waals surface area contributed by atoms with Crippen molar-refractivity contribution in [2.75, 3.05) is 0 Å². The van der Waals surface area contributed by atoms with Gasteiger partial charge in [-0.15, -0.1) is 0 Å². The van der Waals surface area contributed by atoms with Crippen LogP contribution < -0.4 is 0 Å². The summed E-state index contributed by atoms with van der Waals surface area (Å²) in [4.78, 5) is 0. The van der Waals surface area contributed by atoms with E-state index in [1.807, 2.05) is 0 Å². The summed E-state index contributed by atoms with van der Waals surface area (Å²) in [5, 5.41) is 0. The molecule has 0 bridgehead atoms. The second-order valence-electron chi connectivity index (χ2n) is 8.28. The maximum atomic E-state index is 3.77. The van der Waals surface area contributed by atoms with Crippen LogP contribution in [0.1, 0.15) is 122 Å². The molecule has 0 radical (unpaired) electrons. The topological polar surface area (TPSA) is 0 Å². The Bertz CT molecular complexity index is 426. The molecule has 0 aromatic heterocycles. The first kappa shape index (κ1) is 27.4. The molecule has 0 aromatic rings. The van der Waals surface area contributed by atoms with Gasteiger partial charge in [-0.2, -0.15) is 0 Å². The number of alkyl halides is 2. The summed E-state index contributed by atoms with van der Waals surface area (Å²) in [6.45, 7) is 0. The predicted octanol–water partition coefficient (Wildman–Crippen LogP) is 11.5. The minimum atomic E-state index is -0.0714. The van der Waals surface area contributed by atoms with Crippen molar-refractivity contribution >= 4 is 63.7 Å². The highest BCUT2D eigenvalue weighted by Crippen LogP contribution is 2.46. The normalized spacial score (nSPS) is 27.6. The molecule has 0 aromatic carbocycles. The Labute approximate surface area is 208 Å². The smallest absolute Gasteiger partial charge is 0.0885 e. The van der Waals surface area contributed by atoms with Gasteiger partial charge in [0.2, 0.25) is 0 Å². The molecule has 0 spiro atoms. The SMILES string of the molecule is Br/C1=C(\Br)C(Br)(Br)CCCCCCCCC1.C1=C\CCCCCCCCCC/1. The molecule has 2 rings (SSSR count). The maximum Gasteiger partial charge on any atom is 0.112 e. The first-order valence-electron chi connectivity index (χ1n) is 11.6. The zero-order valence-corrected chi connectivity index (χ0v) is 23.9. The van der Waals surface area contributed by atoms with Gasteiger partial charge in [-0.25, -0.2) is 0 Å². The Morgan fingerprint density at radius 1 is 0.536 bits per heavy atom. The quantitative estimate of drug-likeness (QED) is 0.181. The Morgan fingerprint density at radius 3 is 1.43 bits per heavy atom. The number of hydrogen-bond donors (Lipinski definition) is 0. The maximum absolute atomic E-state index is 3.77. The van der Waals surface area contributed by atoms with Crippen molar-refractivity contribution in [2.24, 2.45) is 0 Å². The number of allylic oxidation sites excluding steroid dienone is 4. The molecular formula is C24H40Br4. The summed E-state index contributed by atoms with van der Waals surface area (Å²) < 4.78 is 2.44. The average Bonchev–Trinajstić information content (AvgIpc) is 2.66. The van der Waals surface area contributed by atoms with Crippen molar-refractivity contribution in [3.05, 3.63) is 21.1 Å². The van der Waals surface area contributed by atoms with Crippen LogP contribution in [0.25, 0.3) is 0 Å². The highest BCUT2D eigenvalue weighted by molar-refractivity contribution is 9.26. The van der Waals surface area contributed by atoms with E-state index in [0.29, 0.717) is 0 Å². The molecule has 0 aliphatic heterocycles. The van der Waals surface area contributed by atoms with Crippen LogP contribution in [0.2, 0.25) is 0 Å². The zero-order chi connectivity index (χ0) is 20.5. The summed E-state index contributed by atoms with van der Waals surface area (Å²) in [5.41, 5.74) is 0. The van der Waals surface area contributed by atoms with Crippen molar-refractivity contribution in [2.45, 2.75) is 125 Å². The van der Waals surface area contributed by atoms with Crippen molar-refractivity contribution in [3.8, 4) is 0 Å². The van der Waals surface area contributed by atoms with Crippen LogP contribution in [0.3, 0.4) is 0 Å². The second-order valence-corrected chi connectivity index (χ2v) is 13.8. The lowest BCUT2D eigenvalue weighted by molar-refractivity contribution is 0.565. The lowest BCUT2D eigenvalue weighted by atomic mass is 10.0. The van der Waals surface area contributed by atoms with Gasteiger partial charge in [0.25, 0.3) is 0 Å². The van der Waals surface area contributed by atoms with Gasteiger partial charge in [-0.1, -0.05) is 153 Å². The fraction of sp³-hybridized carbons (Fsp3) is 0.833. The van der Waals surface area contributed by atoms with E-state index in [4.69, 9.17) is 0 Å². The molecule has 0 unspecified atom stereocenters. The summed E-state index contributed by atoms with van der Waals surface area (Å²) >= 11 is 14.9. The van der Waals surface area contributed by atoms with E-state index in [1.54, 1.807) is 0 Å². The Morgan fingerprint density at radius 2 is 0.929 bits per heavy atom. The van der Waals surface area contributed by atoms with Gasteiger partial charge < -0.3 is 0 Å². The Kier molecular flexibility index (Phi) is 17.7. The van der Waals surface area contributed by atoms with Crippen LogP contribution in [0, 0.1) is 0 Å². The minimum absolute atomic E-state index is 0.0714. The van der Waals surface area contributed by atoms with E-state index in [-0.39, 0.29) is 3.23 Å². The molecule has 0 heterocycles. The average molecular weight is 648 g/mol. The Hall–Kier alpha value is 1.40. The first-order valence-corrected chi connectivity index (χ1v) is 14.8. The molecule has 28 heavy (non-hydrogen) atoms. The van der Waals surface area contributed by atoms with E-state index < -0.39 is 0 Å². The summed E-state index contributed by atoms with van der Waals surface area (Å²) in [6, 6.07) is 0. The van der Waals surface area contributed by atoms with E-state index in [2.05, 4.69) is 75.9 Å². The van der Waals surface area contributed by atoms with E-state index >= 15 is 0 Å². The van der Waals surface area contributed by atoms with E-state index in [9.17, 15) is 0 Å². The molecule has 0 N–H and O–H groups in total. The van der Waals surface area contributed by atoms with Crippen LogP contribution in [-0.2, 0) is 0 Å². The molecule has 0 amide bonds. The summed E-state index contributed by atoms with van der Waals surface area (Å²) in [7, 11) is 0. The molecule has 2 aliphatic carbocycles. The van der Waals surface area contributed by atoms with Gasteiger partial charge in [0.05, 0.1) is 0 Å². The van der Waals surface area contributed by atoms with Gasteiger partial charge in [0.15, 0.2) is 0 Å². The molecule has 2 aliphatic rings. The highest BCUT2D eigenvalue weighted by atomic mass is 79.9. The van der Waals surface area contributed by atoms with Gasteiger partial charge in [-0.3, -0.25) is 0 Å². The molecule has 0 saturated heterocycles. The minimum Gasteiger partial charge on any atom is -0.0885 e. The summed E-state index contributed by atoms with van der Waals surface area (Å²) in [5.74, 6) is 0. The van der Waals surface area contributed by atoms with Crippen LogP contribution in [0.15, 0.2) is 21.1 Å². The lowest BCUT2D eigenvalue weighted by Crippen LogP contribution is -2.12. The number of halogens is 4. The van der Waals surface area contributed by atoms with Crippen molar-refractivity contribution in [1.29, 1.82) is 0 Å². The molecule has 4 heteroatoms. The van der Waals surface area contributed by atoms with Crippen molar-refractivity contribution < 1.29 is 0 Å². The van der Waals surface area contributed by atoms with Crippen LogP contribution in [-0.4, -0.2) is 3.23 Å². The molecule has 0 atom stereocenters. The molecule has 0 nitrogen and oxygen atoms in total. The van der Waals surface area contributed by atoms with Gasteiger partial charge >= 0.3 is 0 Å². The van der Waals surface area contributed by atoms with Crippen LogP contribution in [0.5, 0.6) is 0 Å². The fourth-order valence-corrected chi connectivity index (χ4v) is 6.34. The third-order valence-corrected chi connectivity index (χ3v) is 10.7. The Balaban J connectivity index is 0.000000292. The summed E-state index contributed by atoms with van der Waals surface area (Å²) in [6.07, 6.45) is 30.7. The molecular weight excluding hydrogens is 608 g/mol. The van der Waals surface area contributed by atoms with Gasteiger partial charge in [0, 0.05) is 8.96 Å². The van der Waals surface area contributed by atoms with E-state index in [0.717, 1.165) is 12.8 Å². The molecule has 0 saturated carbocycles. The standard InChI is InChI=1S/C12H18Br4.C12H22/c13-10-8-6-4-2-1-3-5-7-9-12(15,16)11(10)14;1-2-4-6-8-10-12-11-9-7-5-3-1/h1-9H2;1-2H,3-12H2/b11-10-;2-1-. The number of rotatable bonds is 0. The fourth-order valence-electron chi connectivity index (χ4n) is 3.75. The zero-order valence-electron chi connectivity index (χ0n) is 17.6. The molecule has 0 fully saturated rings. The number of hydrogen-bond acceptors (Lipinski definition) is 0. The largest absolute Gasteiger partial charge is 0.112 e. The predicted molar refractivity (Wildman–Crippen MR) is 142 cm³/mol. The third-order valence-electron chi connectivity index (χ3n) is 5.60. The van der Waals surface area contributed by atoms with Gasteiger partial charge in [-0.05, 0) is 44.9 Å². The second kappa shape index (κ2) is 18.0. The first-order chi connectivity index (χ1) is 13.5. The van der Waals surface area contributed by atoms with E-state index in [1.165, 1.54) is 118 Å². The highest BCUT2D eigenvalue weighted by Gasteiger charge is 2.28. The van der Waals surface area contributed by atoms with Crippen LogP contribution in [0.4, 0.5) is 0 Å². The van der Waals surface area contributed by atoms with Crippen molar-refractivity contribution in [3.63, 3.8) is 0 Å². The van der Waals surface area contributed by atoms with Crippen molar-refractivity contribution in [1.82, 2.24) is 0 Å². The van der Waals surface area contributed by atoms with Gasteiger partial charge in [0.1, 0.15) is 3.23 Å². The molecule has 164 valence electrons. The van der Waals surface area contributed by atoms with Crippen LogP contribution >= 0.6 is 63.7 Å².